The summed E-state index contributed by atoms with van der Waals surface area (Å²) in [4.78, 5) is 11.1. The molecule has 16 heavy (non-hydrogen) atoms. The van der Waals surface area contributed by atoms with Gasteiger partial charge < -0.3 is 4.74 Å². The third kappa shape index (κ3) is 3.35. The largest absolute Gasteiger partial charge is 0.466 e. The number of aryl methyl sites for hydroxylation is 1. The SMILES string of the molecule is CCOC(=O)CCc1c[c]c(F)cc1C#N. The van der Waals surface area contributed by atoms with Crippen molar-refractivity contribution in [2.75, 3.05) is 6.61 Å². The Morgan fingerprint density at radius 1 is 1.69 bits per heavy atom. The fourth-order valence-corrected chi connectivity index (χ4v) is 1.28. The highest BCUT2D eigenvalue weighted by Gasteiger charge is 2.07. The average Bonchev–Trinajstić information content (AvgIpc) is 2.27. The van der Waals surface area contributed by atoms with Crippen molar-refractivity contribution in [3.05, 3.63) is 35.1 Å². The highest BCUT2D eigenvalue weighted by Crippen LogP contribution is 2.12. The van der Waals surface area contributed by atoms with E-state index in [1.54, 1.807) is 6.92 Å². The summed E-state index contributed by atoms with van der Waals surface area (Å²) in [5.41, 5.74) is 0.845. The van der Waals surface area contributed by atoms with Crippen LogP contribution in [0.25, 0.3) is 0 Å². The number of carbonyl (C=O) groups is 1. The number of nitriles is 1. The van der Waals surface area contributed by atoms with Crippen LogP contribution in [0.2, 0.25) is 0 Å². The van der Waals surface area contributed by atoms with E-state index in [0.29, 0.717) is 18.6 Å². The molecule has 0 unspecified atom stereocenters. The molecule has 0 N–H and O–H groups in total. The van der Waals surface area contributed by atoms with Crippen LogP contribution >= 0.6 is 0 Å². The zero-order chi connectivity index (χ0) is 12.0. The number of carbonyl (C=O) groups excluding carboxylic acids is 1. The molecule has 0 fully saturated rings. The summed E-state index contributed by atoms with van der Waals surface area (Å²) in [6.07, 6.45) is 0.542. The third-order valence-electron chi connectivity index (χ3n) is 2.03. The van der Waals surface area contributed by atoms with Crippen LogP contribution in [-0.2, 0) is 16.0 Å². The van der Waals surface area contributed by atoms with Crippen LogP contribution in [-0.4, -0.2) is 12.6 Å². The Balaban J connectivity index is 2.67. The number of ether oxygens (including phenoxy) is 1. The second-order valence-electron chi connectivity index (χ2n) is 3.14. The van der Waals surface area contributed by atoms with Crippen molar-refractivity contribution in [2.45, 2.75) is 19.8 Å². The number of benzene rings is 1. The number of rotatable bonds is 4. The Labute approximate surface area is 93.5 Å². The highest BCUT2D eigenvalue weighted by atomic mass is 19.1. The molecule has 0 amide bonds. The van der Waals surface area contributed by atoms with Gasteiger partial charge in [-0.1, -0.05) is 0 Å². The molecule has 0 heterocycles. The standard InChI is InChI=1S/C12H11FNO2/c1-2-16-12(15)6-4-9-3-5-11(13)7-10(9)8-14/h3,7H,2,4,6H2,1H3. The third-order valence-corrected chi connectivity index (χ3v) is 2.03. The maximum atomic E-state index is 12.8. The summed E-state index contributed by atoms with van der Waals surface area (Å²) >= 11 is 0. The van der Waals surface area contributed by atoms with Gasteiger partial charge in [0.25, 0.3) is 0 Å². The molecule has 83 valence electrons. The van der Waals surface area contributed by atoms with Gasteiger partial charge >= 0.3 is 5.97 Å². The molecule has 0 aliphatic rings. The maximum absolute atomic E-state index is 12.8. The van der Waals surface area contributed by atoms with E-state index in [9.17, 15) is 9.18 Å². The van der Waals surface area contributed by atoms with Crippen molar-refractivity contribution in [3.63, 3.8) is 0 Å². The molecular weight excluding hydrogens is 209 g/mol. The molecule has 1 radical (unpaired) electrons. The topological polar surface area (TPSA) is 50.1 Å². The molecule has 0 saturated carbocycles. The fourth-order valence-electron chi connectivity index (χ4n) is 1.28. The molecule has 0 bridgehead atoms. The quantitative estimate of drug-likeness (QED) is 0.729. The van der Waals surface area contributed by atoms with Crippen molar-refractivity contribution in [3.8, 4) is 6.07 Å². The lowest BCUT2D eigenvalue weighted by Gasteiger charge is -2.03. The predicted molar refractivity (Wildman–Crippen MR) is 54.9 cm³/mol. The number of hydrogen-bond acceptors (Lipinski definition) is 3. The Morgan fingerprint density at radius 2 is 2.44 bits per heavy atom. The number of esters is 1. The first-order chi connectivity index (χ1) is 7.67. The Hall–Kier alpha value is -1.89. The number of nitrogens with zero attached hydrogens (tertiary/aromatic N) is 1. The van der Waals surface area contributed by atoms with E-state index in [1.807, 2.05) is 6.07 Å². The van der Waals surface area contributed by atoms with Gasteiger partial charge in [0.15, 0.2) is 0 Å². The molecule has 1 rings (SSSR count). The number of hydrogen-bond donors (Lipinski definition) is 0. The van der Waals surface area contributed by atoms with E-state index in [0.717, 1.165) is 6.07 Å². The first-order valence-electron chi connectivity index (χ1n) is 4.93. The molecule has 0 aliphatic carbocycles. The minimum atomic E-state index is -0.573. The molecule has 0 saturated heterocycles. The van der Waals surface area contributed by atoms with Gasteiger partial charge in [-0.15, -0.1) is 0 Å². The zero-order valence-electron chi connectivity index (χ0n) is 8.92. The van der Waals surface area contributed by atoms with Crippen LogP contribution in [0.15, 0.2) is 12.1 Å². The fraction of sp³-hybridized carbons (Fsp3) is 0.333. The van der Waals surface area contributed by atoms with E-state index in [-0.39, 0.29) is 18.0 Å². The van der Waals surface area contributed by atoms with Crippen LogP contribution in [0.3, 0.4) is 0 Å². The smallest absolute Gasteiger partial charge is 0.306 e. The van der Waals surface area contributed by atoms with E-state index < -0.39 is 5.82 Å². The van der Waals surface area contributed by atoms with Gasteiger partial charge in [-0.05, 0) is 31.0 Å². The summed E-state index contributed by atoms with van der Waals surface area (Å²) < 4.78 is 17.5. The molecule has 4 heteroatoms. The van der Waals surface area contributed by atoms with E-state index in [4.69, 9.17) is 10.00 Å². The van der Waals surface area contributed by atoms with E-state index in [1.165, 1.54) is 6.07 Å². The first-order valence-corrected chi connectivity index (χ1v) is 4.93. The molecule has 0 spiro atoms. The van der Waals surface area contributed by atoms with Crippen LogP contribution in [0.4, 0.5) is 4.39 Å². The van der Waals surface area contributed by atoms with Gasteiger partial charge in [0.1, 0.15) is 5.82 Å². The van der Waals surface area contributed by atoms with Gasteiger partial charge in [-0.25, -0.2) is 4.39 Å². The minimum absolute atomic E-state index is 0.183. The lowest BCUT2D eigenvalue weighted by Crippen LogP contribution is -2.06. The van der Waals surface area contributed by atoms with Crippen LogP contribution in [0, 0.1) is 23.2 Å². The van der Waals surface area contributed by atoms with Crippen LogP contribution in [0.1, 0.15) is 24.5 Å². The zero-order valence-corrected chi connectivity index (χ0v) is 8.92. The second-order valence-corrected chi connectivity index (χ2v) is 3.14. The average molecular weight is 220 g/mol. The molecule has 3 nitrogen and oxygen atoms in total. The van der Waals surface area contributed by atoms with Gasteiger partial charge in [-0.2, -0.15) is 5.26 Å². The summed E-state index contributed by atoms with van der Waals surface area (Å²) in [6.45, 7) is 2.06. The molecule has 1 aromatic rings. The van der Waals surface area contributed by atoms with Crippen molar-refractivity contribution in [1.82, 2.24) is 0 Å². The van der Waals surface area contributed by atoms with Crippen molar-refractivity contribution < 1.29 is 13.9 Å². The van der Waals surface area contributed by atoms with Crippen molar-refractivity contribution in [2.24, 2.45) is 0 Å². The van der Waals surface area contributed by atoms with Crippen LogP contribution in [0.5, 0.6) is 0 Å². The summed E-state index contributed by atoms with van der Waals surface area (Å²) in [5.74, 6) is -0.896. The lowest BCUT2D eigenvalue weighted by atomic mass is 10.0. The molecule has 0 aromatic heterocycles. The monoisotopic (exact) mass is 220 g/mol. The summed E-state index contributed by atoms with van der Waals surface area (Å²) in [6, 6.07) is 6.75. The predicted octanol–water partition coefficient (Wildman–Crippen LogP) is 1.99. The van der Waals surface area contributed by atoms with Gasteiger partial charge in [0, 0.05) is 12.5 Å². The Morgan fingerprint density at radius 3 is 3.06 bits per heavy atom. The Kier molecular flexibility index (Phi) is 4.46. The van der Waals surface area contributed by atoms with E-state index >= 15 is 0 Å². The maximum Gasteiger partial charge on any atom is 0.306 e. The van der Waals surface area contributed by atoms with Crippen molar-refractivity contribution in [1.29, 1.82) is 5.26 Å². The highest BCUT2D eigenvalue weighted by molar-refractivity contribution is 5.69. The van der Waals surface area contributed by atoms with E-state index in [2.05, 4.69) is 6.07 Å². The normalized spacial score (nSPS) is 9.56. The summed E-state index contributed by atoms with van der Waals surface area (Å²) in [7, 11) is 0. The number of halogens is 1. The molecule has 0 atom stereocenters. The lowest BCUT2D eigenvalue weighted by molar-refractivity contribution is -0.143. The molecule has 0 aliphatic heterocycles. The van der Waals surface area contributed by atoms with Crippen LogP contribution < -0.4 is 0 Å². The summed E-state index contributed by atoms with van der Waals surface area (Å²) in [5, 5.41) is 8.76. The van der Waals surface area contributed by atoms with Gasteiger partial charge in [0.05, 0.1) is 18.2 Å². The second kappa shape index (κ2) is 5.86. The van der Waals surface area contributed by atoms with Gasteiger partial charge in [0.2, 0.25) is 0 Å². The molecular formula is C12H11FNO2. The first kappa shape index (κ1) is 12.2. The minimum Gasteiger partial charge on any atom is -0.466 e. The Bertz CT molecular complexity index is 424. The van der Waals surface area contributed by atoms with Gasteiger partial charge in [-0.3, -0.25) is 4.79 Å². The van der Waals surface area contributed by atoms with Crippen molar-refractivity contribution >= 4 is 5.97 Å². The molecule has 1 aromatic carbocycles.